The Morgan fingerprint density at radius 2 is 2.14 bits per heavy atom. The first kappa shape index (κ1) is 14.5. The number of hydrogen-bond acceptors (Lipinski definition) is 6. The number of morpholine rings is 1. The van der Waals surface area contributed by atoms with Gasteiger partial charge in [-0.1, -0.05) is 30.3 Å². The fourth-order valence-electron chi connectivity index (χ4n) is 2.89. The molecule has 114 valence electrons. The van der Waals surface area contributed by atoms with Gasteiger partial charge < -0.3 is 19.3 Å². The maximum Gasteiger partial charge on any atom is 0.337 e. The summed E-state index contributed by atoms with van der Waals surface area (Å²) in [6.45, 7) is 1.12. The van der Waals surface area contributed by atoms with Gasteiger partial charge in [-0.15, -0.1) is 0 Å². The molecule has 2 aliphatic rings. The molecule has 2 aliphatic heterocycles. The van der Waals surface area contributed by atoms with Crippen LogP contribution in [0.5, 0.6) is 0 Å². The molecule has 0 unspecified atom stereocenters. The minimum atomic E-state index is -0.713. The van der Waals surface area contributed by atoms with Crippen molar-refractivity contribution in [1.29, 1.82) is 0 Å². The van der Waals surface area contributed by atoms with E-state index in [0.29, 0.717) is 13.1 Å². The molecule has 0 amide bonds. The van der Waals surface area contributed by atoms with Gasteiger partial charge in [-0.25, -0.2) is 4.79 Å². The van der Waals surface area contributed by atoms with E-state index < -0.39 is 18.4 Å². The molecule has 21 heavy (non-hydrogen) atoms. The molecule has 0 aromatic heterocycles. The molecular formula is C15H19NO5. The van der Waals surface area contributed by atoms with Crippen LogP contribution in [0.15, 0.2) is 30.3 Å². The van der Waals surface area contributed by atoms with Crippen LogP contribution in [-0.4, -0.2) is 60.8 Å². The first-order valence-electron chi connectivity index (χ1n) is 7.00. The summed E-state index contributed by atoms with van der Waals surface area (Å²) in [5.74, 6) is -0.430. The summed E-state index contributed by atoms with van der Waals surface area (Å²) < 4.78 is 16.0. The van der Waals surface area contributed by atoms with E-state index in [1.165, 1.54) is 7.11 Å². The van der Waals surface area contributed by atoms with E-state index in [1.807, 2.05) is 30.3 Å². The molecule has 1 aromatic rings. The first-order valence-corrected chi connectivity index (χ1v) is 7.00. The molecular weight excluding hydrogens is 274 g/mol. The molecule has 3 rings (SSSR count). The Morgan fingerprint density at radius 3 is 2.81 bits per heavy atom. The summed E-state index contributed by atoms with van der Waals surface area (Å²) in [6, 6.07) is 9.70. The number of aliphatic hydroxyl groups excluding tert-OH is 1. The molecule has 0 radical (unpaired) electrons. The average Bonchev–Trinajstić information content (AvgIpc) is 2.86. The second-order valence-corrected chi connectivity index (χ2v) is 5.29. The van der Waals surface area contributed by atoms with Crippen molar-refractivity contribution in [2.75, 3.05) is 20.3 Å². The predicted molar refractivity (Wildman–Crippen MR) is 73.3 cm³/mol. The zero-order valence-corrected chi connectivity index (χ0v) is 11.8. The topological polar surface area (TPSA) is 68.2 Å². The van der Waals surface area contributed by atoms with Crippen molar-refractivity contribution < 1.29 is 24.1 Å². The van der Waals surface area contributed by atoms with E-state index in [-0.39, 0.29) is 18.8 Å². The Hall–Kier alpha value is -1.47. The molecule has 0 saturated carbocycles. The number of nitrogens with zero attached hydrogens (tertiary/aromatic N) is 1. The maximum absolute atomic E-state index is 11.7. The Balaban J connectivity index is 1.75. The van der Waals surface area contributed by atoms with Crippen molar-refractivity contribution >= 4 is 5.97 Å². The van der Waals surface area contributed by atoms with E-state index in [9.17, 15) is 9.90 Å². The Morgan fingerprint density at radius 1 is 1.38 bits per heavy atom. The standard InChI is InChI=1S/C15H19NO5/c1-19-14(18)13-12-8-16(7-10-5-3-2-4-6-10)11(9-17)15(20-12)21-13/h2-6,11-13,15,17H,7-9H2,1H3/t11-,12-,13+,15-/m0/s1. The largest absolute Gasteiger partial charge is 0.467 e. The van der Waals surface area contributed by atoms with Crippen LogP contribution in [0, 0.1) is 0 Å². The van der Waals surface area contributed by atoms with Gasteiger partial charge in [0.2, 0.25) is 0 Å². The number of hydrogen-bond donors (Lipinski definition) is 1. The van der Waals surface area contributed by atoms with E-state index in [1.54, 1.807) is 0 Å². The smallest absolute Gasteiger partial charge is 0.337 e. The van der Waals surface area contributed by atoms with Gasteiger partial charge >= 0.3 is 5.97 Å². The minimum absolute atomic E-state index is 0.0852. The molecule has 2 bridgehead atoms. The molecule has 2 saturated heterocycles. The number of rotatable bonds is 4. The summed E-state index contributed by atoms with van der Waals surface area (Å²) >= 11 is 0. The quantitative estimate of drug-likeness (QED) is 0.797. The van der Waals surface area contributed by atoms with Gasteiger partial charge in [0.25, 0.3) is 0 Å². The Bertz CT molecular complexity index is 494. The lowest BCUT2D eigenvalue weighted by Crippen LogP contribution is -2.53. The van der Waals surface area contributed by atoms with Gasteiger partial charge in [0.1, 0.15) is 6.10 Å². The highest BCUT2D eigenvalue weighted by molar-refractivity contribution is 5.75. The van der Waals surface area contributed by atoms with Crippen molar-refractivity contribution in [2.45, 2.75) is 31.1 Å². The highest BCUT2D eigenvalue weighted by Gasteiger charge is 2.50. The summed E-state index contributed by atoms with van der Waals surface area (Å²) in [5, 5.41) is 9.62. The van der Waals surface area contributed by atoms with Gasteiger partial charge in [0.15, 0.2) is 12.4 Å². The molecule has 1 N–H and O–H groups in total. The lowest BCUT2D eigenvalue weighted by atomic mass is 10.1. The Labute approximate surface area is 123 Å². The molecule has 2 fully saturated rings. The molecule has 1 aromatic carbocycles. The summed E-state index contributed by atoms with van der Waals surface area (Å²) in [5.41, 5.74) is 1.15. The number of fused-ring (bicyclic) bond motifs is 2. The number of carbonyl (C=O) groups excluding carboxylic acids is 1. The van der Waals surface area contributed by atoms with E-state index >= 15 is 0 Å². The van der Waals surface area contributed by atoms with Gasteiger partial charge in [0, 0.05) is 13.1 Å². The lowest BCUT2D eigenvalue weighted by Gasteiger charge is -2.37. The third kappa shape index (κ3) is 2.80. The van der Waals surface area contributed by atoms with Crippen molar-refractivity contribution in [3.8, 4) is 0 Å². The van der Waals surface area contributed by atoms with Crippen LogP contribution in [0.25, 0.3) is 0 Å². The second-order valence-electron chi connectivity index (χ2n) is 5.29. The highest BCUT2D eigenvalue weighted by atomic mass is 16.7. The Kier molecular flexibility index (Phi) is 4.21. The van der Waals surface area contributed by atoms with E-state index in [2.05, 4.69) is 4.90 Å². The average molecular weight is 293 g/mol. The molecule has 2 heterocycles. The molecule has 6 nitrogen and oxygen atoms in total. The SMILES string of the molecule is COC(=O)[C@@H]1O[C@@H]2O[C@H]1CN(Cc1ccccc1)[C@H]2CO. The van der Waals surface area contributed by atoms with Crippen molar-refractivity contribution in [3.63, 3.8) is 0 Å². The number of methoxy groups -OCH3 is 1. The maximum atomic E-state index is 11.7. The second kappa shape index (κ2) is 6.11. The highest BCUT2D eigenvalue weighted by Crippen LogP contribution is 2.31. The summed E-state index contributed by atoms with van der Waals surface area (Å²) in [7, 11) is 1.33. The van der Waals surface area contributed by atoms with E-state index in [4.69, 9.17) is 14.2 Å². The molecule has 0 aliphatic carbocycles. The lowest BCUT2D eigenvalue weighted by molar-refractivity contribution is -0.166. The zero-order chi connectivity index (χ0) is 14.8. The predicted octanol–water partition coefficient (Wildman–Crippen LogP) is 0.146. The van der Waals surface area contributed by atoms with Crippen LogP contribution < -0.4 is 0 Å². The van der Waals surface area contributed by atoms with Gasteiger partial charge in [0.05, 0.1) is 19.8 Å². The number of esters is 1. The van der Waals surface area contributed by atoms with Crippen LogP contribution in [-0.2, 0) is 25.5 Å². The van der Waals surface area contributed by atoms with E-state index in [0.717, 1.165) is 5.56 Å². The molecule has 0 spiro atoms. The zero-order valence-electron chi connectivity index (χ0n) is 11.8. The van der Waals surface area contributed by atoms with Crippen molar-refractivity contribution in [2.24, 2.45) is 0 Å². The summed E-state index contributed by atoms with van der Waals surface area (Å²) in [6.07, 6.45) is -1.66. The number of aliphatic hydroxyl groups is 1. The van der Waals surface area contributed by atoms with Gasteiger partial charge in [-0.05, 0) is 5.56 Å². The molecule has 4 atom stereocenters. The summed E-state index contributed by atoms with van der Waals surface area (Å²) in [4.78, 5) is 13.8. The van der Waals surface area contributed by atoms with Crippen molar-refractivity contribution in [3.05, 3.63) is 35.9 Å². The van der Waals surface area contributed by atoms with Crippen LogP contribution in [0.1, 0.15) is 5.56 Å². The first-order chi connectivity index (χ1) is 10.2. The number of ether oxygens (including phenoxy) is 3. The fourth-order valence-corrected chi connectivity index (χ4v) is 2.89. The van der Waals surface area contributed by atoms with Crippen molar-refractivity contribution in [1.82, 2.24) is 4.90 Å². The normalized spacial score (nSPS) is 32.1. The minimum Gasteiger partial charge on any atom is -0.467 e. The van der Waals surface area contributed by atoms with Crippen LogP contribution in [0.4, 0.5) is 0 Å². The van der Waals surface area contributed by atoms with Crippen LogP contribution in [0.2, 0.25) is 0 Å². The third-order valence-electron chi connectivity index (χ3n) is 3.97. The number of carbonyl (C=O) groups is 1. The third-order valence-corrected chi connectivity index (χ3v) is 3.97. The van der Waals surface area contributed by atoms with Gasteiger partial charge in [-0.3, -0.25) is 4.90 Å². The van der Waals surface area contributed by atoms with Crippen LogP contribution >= 0.6 is 0 Å². The monoisotopic (exact) mass is 293 g/mol. The fraction of sp³-hybridized carbons (Fsp3) is 0.533. The number of benzene rings is 1. The van der Waals surface area contributed by atoms with Crippen LogP contribution in [0.3, 0.4) is 0 Å². The van der Waals surface area contributed by atoms with Gasteiger partial charge in [-0.2, -0.15) is 0 Å². The molecule has 6 heteroatoms.